The molecule has 0 atom stereocenters. The number of fused-ring (bicyclic) bond motifs is 1. The van der Waals surface area contributed by atoms with Crippen LogP contribution in [0.4, 0.5) is 5.82 Å². The fraction of sp³-hybridized carbons (Fsp3) is 0.250. The molecule has 1 aromatic carbocycles. The molecule has 0 aliphatic rings. The minimum Gasteiger partial charge on any atom is -0.478 e. The Labute approximate surface area is 198 Å². The van der Waals surface area contributed by atoms with Gasteiger partial charge in [-0.05, 0) is 54.3 Å². The van der Waals surface area contributed by atoms with Crippen LogP contribution in [0.3, 0.4) is 0 Å². The summed E-state index contributed by atoms with van der Waals surface area (Å²) >= 11 is 6.37. The zero-order valence-electron chi connectivity index (χ0n) is 18.8. The lowest BCUT2D eigenvalue weighted by molar-refractivity contribution is 0.327. The maximum absolute atomic E-state index is 13.1. The SMILES string of the molecule is CCOc1ccc(-c2cc3c(Cl)ccc(NS(=O)(=O)c4ccc(C(C)(C)C)cc4)n3n2)cn1. The zero-order chi connectivity index (χ0) is 23.8. The maximum atomic E-state index is 13.1. The first-order chi connectivity index (χ1) is 15.6. The van der Waals surface area contributed by atoms with E-state index in [-0.39, 0.29) is 16.1 Å². The van der Waals surface area contributed by atoms with Crippen molar-refractivity contribution in [3.8, 4) is 17.1 Å². The van der Waals surface area contributed by atoms with Crippen molar-refractivity contribution in [1.82, 2.24) is 14.6 Å². The fourth-order valence-corrected chi connectivity index (χ4v) is 4.60. The van der Waals surface area contributed by atoms with Gasteiger partial charge in [0, 0.05) is 17.8 Å². The van der Waals surface area contributed by atoms with Crippen LogP contribution in [-0.4, -0.2) is 29.6 Å². The number of halogens is 1. The molecule has 9 heteroatoms. The molecule has 0 aliphatic carbocycles. The van der Waals surface area contributed by atoms with E-state index in [0.29, 0.717) is 28.7 Å². The van der Waals surface area contributed by atoms with Gasteiger partial charge in [0.15, 0.2) is 0 Å². The summed E-state index contributed by atoms with van der Waals surface area (Å²) in [5, 5.41) is 5.02. The number of hydrogen-bond acceptors (Lipinski definition) is 5. The number of benzene rings is 1. The van der Waals surface area contributed by atoms with Crippen LogP contribution >= 0.6 is 11.6 Å². The van der Waals surface area contributed by atoms with Gasteiger partial charge in [0.2, 0.25) is 5.88 Å². The summed E-state index contributed by atoms with van der Waals surface area (Å²) < 4.78 is 35.6. The minimum atomic E-state index is -3.83. The molecule has 0 amide bonds. The van der Waals surface area contributed by atoms with Crippen molar-refractivity contribution in [2.45, 2.75) is 38.0 Å². The van der Waals surface area contributed by atoms with Crippen molar-refractivity contribution in [2.75, 3.05) is 11.3 Å². The summed E-state index contributed by atoms with van der Waals surface area (Å²) in [6.45, 7) is 8.65. The number of aromatic nitrogens is 3. The van der Waals surface area contributed by atoms with Gasteiger partial charge in [0.25, 0.3) is 10.0 Å². The van der Waals surface area contributed by atoms with E-state index in [1.807, 2.05) is 25.1 Å². The van der Waals surface area contributed by atoms with E-state index in [2.05, 4.69) is 35.6 Å². The number of anilines is 1. The third-order valence-electron chi connectivity index (χ3n) is 5.16. The van der Waals surface area contributed by atoms with E-state index in [1.54, 1.807) is 42.6 Å². The van der Waals surface area contributed by atoms with E-state index in [9.17, 15) is 8.42 Å². The van der Waals surface area contributed by atoms with Crippen LogP contribution < -0.4 is 9.46 Å². The third-order valence-corrected chi connectivity index (χ3v) is 6.85. The first-order valence-corrected chi connectivity index (χ1v) is 12.4. The Morgan fingerprint density at radius 1 is 1.06 bits per heavy atom. The fourth-order valence-electron chi connectivity index (χ4n) is 3.36. The number of ether oxygens (including phenoxy) is 1. The van der Waals surface area contributed by atoms with Gasteiger partial charge in [-0.1, -0.05) is 44.5 Å². The Morgan fingerprint density at radius 3 is 2.39 bits per heavy atom. The Kier molecular flexibility index (Phi) is 6.07. The molecular formula is C24H25ClN4O3S. The normalized spacial score (nSPS) is 12.2. The van der Waals surface area contributed by atoms with Gasteiger partial charge in [-0.3, -0.25) is 4.72 Å². The van der Waals surface area contributed by atoms with E-state index in [1.165, 1.54) is 4.52 Å². The molecule has 0 unspecified atom stereocenters. The van der Waals surface area contributed by atoms with Crippen molar-refractivity contribution in [3.05, 3.63) is 71.4 Å². The van der Waals surface area contributed by atoms with Crippen LogP contribution in [0.1, 0.15) is 33.3 Å². The smallest absolute Gasteiger partial charge is 0.263 e. The standard InChI is InChI=1S/C24H25ClN4O3S/c1-5-32-23-13-6-16(15-26-23)20-14-21-19(25)11-12-22(29(21)27-20)28-33(30,31)18-9-7-17(8-10-18)24(2,3)4/h6-15,28H,5H2,1-4H3. The van der Waals surface area contributed by atoms with Gasteiger partial charge in [-0.25, -0.2) is 17.9 Å². The lowest BCUT2D eigenvalue weighted by Crippen LogP contribution is -2.16. The molecule has 3 heterocycles. The molecule has 7 nitrogen and oxygen atoms in total. The van der Waals surface area contributed by atoms with Gasteiger partial charge in [-0.2, -0.15) is 5.10 Å². The quantitative estimate of drug-likeness (QED) is 0.388. The molecule has 0 aliphatic heterocycles. The van der Waals surface area contributed by atoms with Crippen molar-refractivity contribution >= 4 is 33.0 Å². The van der Waals surface area contributed by atoms with E-state index in [0.717, 1.165) is 11.1 Å². The average Bonchev–Trinajstić information content (AvgIpc) is 3.23. The van der Waals surface area contributed by atoms with E-state index in [4.69, 9.17) is 16.3 Å². The topological polar surface area (TPSA) is 85.6 Å². The highest BCUT2D eigenvalue weighted by atomic mass is 35.5. The molecule has 4 rings (SSSR count). The number of pyridine rings is 2. The molecule has 0 fully saturated rings. The van der Waals surface area contributed by atoms with Gasteiger partial charge >= 0.3 is 0 Å². The summed E-state index contributed by atoms with van der Waals surface area (Å²) in [5.41, 5.74) is 2.91. The molecule has 172 valence electrons. The number of nitrogens with one attached hydrogen (secondary N) is 1. The maximum Gasteiger partial charge on any atom is 0.263 e. The summed E-state index contributed by atoms with van der Waals surface area (Å²) in [6.07, 6.45) is 1.65. The number of nitrogens with zero attached hydrogens (tertiary/aromatic N) is 3. The summed E-state index contributed by atoms with van der Waals surface area (Å²) in [4.78, 5) is 4.44. The van der Waals surface area contributed by atoms with Gasteiger partial charge < -0.3 is 4.74 Å². The highest BCUT2D eigenvalue weighted by Crippen LogP contribution is 2.29. The van der Waals surface area contributed by atoms with Crippen LogP contribution in [0.5, 0.6) is 5.88 Å². The van der Waals surface area contributed by atoms with Crippen molar-refractivity contribution in [2.24, 2.45) is 0 Å². The average molecular weight is 485 g/mol. The molecule has 0 saturated carbocycles. The van der Waals surface area contributed by atoms with E-state index < -0.39 is 10.0 Å². The monoisotopic (exact) mass is 484 g/mol. The lowest BCUT2D eigenvalue weighted by Gasteiger charge is -2.19. The van der Waals surface area contributed by atoms with Gasteiger partial charge in [-0.15, -0.1) is 0 Å². The predicted octanol–water partition coefficient (Wildman–Crippen LogP) is 5.55. The number of hydrogen-bond donors (Lipinski definition) is 1. The Bertz CT molecular complexity index is 1390. The summed E-state index contributed by atoms with van der Waals surface area (Å²) in [5.74, 6) is 0.799. The predicted molar refractivity (Wildman–Crippen MR) is 131 cm³/mol. The van der Waals surface area contributed by atoms with Gasteiger partial charge in [0.05, 0.1) is 27.7 Å². The Hall–Kier alpha value is -3.10. The molecule has 4 aromatic rings. The molecule has 0 bridgehead atoms. The van der Waals surface area contributed by atoms with Crippen molar-refractivity contribution in [1.29, 1.82) is 0 Å². The van der Waals surface area contributed by atoms with Crippen LogP contribution in [0.2, 0.25) is 5.02 Å². The first kappa shape index (κ1) is 23.1. The lowest BCUT2D eigenvalue weighted by atomic mass is 9.87. The van der Waals surface area contributed by atoms with Crippen LogP contribution in [-0.2, 0) is 15.4 Å². The largest absolute Gasteiger partial charge is 0.478 e. The highest BCUT2D eigenvalue weighted by Gasteiger charge is 2.20. The first-order valence-electron chi connectivity index (χ1n) is 10.5. The highest BCUT2D eigenvalue weighted by molar-refractivity contribution is 7.92. The second-order valence-corrected chi connectivity index (χ2v) is 10.7. The molecular weight excluding hydrogens is 460 g/mol. The zero-order valence-corrected chi connectivity index (χ0v) is 20.4. The molecule has 0 radical (unpaired) electrons. The van der Waals surface area contributed by atoms with Crippen molar-refractivity contribution < 1.29 is 13.2 Å². The van der Waals surface area contributed by atoms with Crippen LogP contribution in [0.25, 0.3) is 16.8 Å². The number of rotatable bonds is 6. The van der Waals surface area contributed by atoms with Gasteiger partial charge in [0.1, 0.15) is 5.82 Å². The summed E-state index contributed by atoms with van der Waals surface area (Å²) in [7, 11) is -3.83. The molecule has 0 spiro atoms. The summed E-state index contributed by atoms with van der Waals surface area (Å²) in [6, 6.07) is 15.5. The van der Waals surface area contributed by atoms with Crippen LogP contribution in [0.15, 0.2) is 65.7 Å². The second kappa shape index (κ2) is 8.68. The van der Waals surface area contributed by atoms with Crippen LogP contribution in [0, 0.1) is 0 Å². The molecule has 0 saturated heterocycles. The molecule has 3 aromatic heterocycles. The second-order valence-electron chi connectivity index (χ2n) is 8.59. The minimum absolute atomic E-state index is 0.0702. The molecule has 1 N–H and O–H groups in total. The third kappa shape index (κ3) is 4.82. The Balaban J connectivity index is 1.69. The van der Waals surface area contributed by atoms with E-state index >= 15 is 0 Å². The molecule has 33 heavy (non-hydrogen) atoms. The van der Waals surface area contributed by atoms with Crippen molar-refractivity contribution in [3.63, 3.8) is 0 Å². The Morgan fingerprint density at radius 2 is 1.79 bits per heavy atom. The number of sulfonamides is 1.